The lowest BCUT2D eigenvalue weighted by Gasteiger charge is -2.36. The molecule has 2 heterocycles. The fourth-order valence-electron chi connectivity index (χ4n) is 2.96. The molecule has 118 valence electrons. The lowest BCUT2D eigenvalue weighted by Crippen LogP contribution is -2.45. The molecule has 1 aromatic carbocycles. The maximum Gasteiger partial charge on any atom is 0.250 e. The lowest BCUT2D eigenvalue weighted by molar-refractivity contribution is 0.161. The van der Waals surface area contributed by atoms with Crippen LogP contribution in [0.5, 0.6) is 0 Å². The first-order chi connectivity index (χ1) is 10.8. The van der Waals surface area contributed by atoms with Gasteiger partial charge in [-0.3, -0.25) is 0 Å². The second-order valence-electron chi connectivity index (χ2n) is 5.65. The molecule has 1 N–H and O–H groups in total. The highest BCUT2D eigenvalue weighted by Crippen LogP contribution is 2.21. The van der Waals surface area contributed by atoms with E-state index in [0.29, 0.717) is 6.04 Å². The Bertz CT molecular complexity index is 579. The largest absolute Gasteiger partial charge is 0.395 e. The predicted molar refractivity (Wildman–Crippen MR) is 84.1 cm³/mol. The molecule has 1 aromatic heterocycles. The molecule has 0 aliphatic carbocycles. The standard InChI is InChI=1S/C15H22N6O/c1-19(11-12-22)13-7-9-20(10-8-13)15-16-17-18-21(15)14-5-3-2-4-6-14/h2-6,13,22H,7-12H2,1H3. The molecule has 2 aromatic rings. The van der Waals surface area contributed by atoms with Gasteiger partial charge in [0.05, 0.1) is 12.3 Å². The van der Waals surface area contributed by atoms with Crippen LogP contribution in [0.1, 0.15) is 12.8 Å². The highest BCUT2D eigenvalue weighted by atomic mass is 16.3. The molecule has 7 nitrogen and oxygen atoms in total. The van der Waals surface area contributed by atoms with E-state index in [4.69, 9.17) is 5.11 Å². The summed E-state index contributed by atoms with van der Waals surface area (Å²) < 4.78 is 1.79. The van der Waals surface area contributed by atoms with Crippen molar-refractivity contribution in [3.8, 4) is 5.69 Å². The van der Waals surface area contributed by atoms with Crippen LogP contribution >= 0.6 is 0 Å². The molecular formula is C15H22N6O. The van der Waals surface area contributed by atoms with Crippen LogP contribution < -0.4 is 4.90 Å². The summed E-state index contributed by atoms with van der Waals surface area (Å²) in [5.41, 5.74) is 0.974. The maximum absolute atomic E-state index is 9.05. The van der Waals surface area contributed by atoms with Gasteiger partial charge < -0.3 is 14.9 Å². The Balaban J connectivity index is 1.69. The molecule has 0 saturated carbocycles. The van der Waals surface area contributed by atoms with Crippen LogP contribution in [-0.4, -0.2) is 69.5 Å². The highest BCUT2D eigenvalue weighted by Gasteiger charge is 2.25. The number of aliphatic hydroxyl groups excluding tert-OH is 1. The molecule has 0 bridgehead atoms. The zero-order valence-corrected chi connectivity index (χ0v) is 12.8. The number of aliphatic hydroxyl groups is 1. The highest BCUT2D eigenvalue weighted by molar-refractivity contribution is 5.40. The average Bonchev–Trinajstić information content (AvgIpc) is 3.06. The van der Waals surface area contributed by atoms with Crippen molar-refractivity contribution in [2.45, 2.75) is 18.9 Å². The van der Waals surface area contributed by atoms with Gasteiger partial charge in [0.25, 0.3) is 0 Å². The van der Waals surface area contributed by atoms with Crippen LogP contribution in [0, 0.1) is 0 Å². The van der Waals surface area contributed by atoms with Gasteiger partial charge >= 0.3 is 0 Å². The number of piperidine rings is 1. The number of hydrogen-bond donors (Lipinski definition) is 1. The second-order valence-corrected chi connectivity index (χ2v) is 5.65. The Morgan fingerprint density at radius 2 is 1.95 bits per heavy atom. The van der Waals surface area contributed by atoms with E-state index >= 15 is 0 Å². The third-order valence-corrected chi connectivity index (χ3v) is 4.28. The van der Waals surface area contributed by atoms with E-state index in [-0.39, 0.29) is 6.61 Å². The number of anilines is 1. The van der Waals surface area contributed by atoms with E-state index < -0.39 is 0 Å². The number of hydrogen-bond acceptors (Lipinski definition) is 6. The minimum Gasteiger partial charge on any atom is -0.395 e. The third-order valence-electron chi connectivity index (χ3n) is 4.28. The molecule has 22 heavy (non-hydrogen) atoms. The van der Waals surface area contributed by atoms with E-state index in [0.717, 1.165) is 44.1 Å². The summed E-state index contributed by atoms with van der Waals surface area (Å²) in [7, 11) is 2.07. The molecule has 0 unspecified atom stereocenters. The van der Waals surface area contributed by atoms with Crippen molar-refractivity contribution in [1.82, 2.24) is 25.1 Å². The smallest absolute Gasteiger partial charge is 0.250 e. The van der Waals surface area contributed by atoms with Gasteiger partial charge in [0.15, 0.2) is 0 Å². The molecule has 0 radical (unpaired) electrons. The number of para-hydroxylation sites is 1. The van der Waals surface area contributed by atoms with Gasteiger partial charge in [-0.15, -0.1) is 0 Å². The third kappa shape index (κ3) is 3.10. The summed E-state index contributed by atoms with van der Waals surface area (Å²) in [6.07, 6.45) is 2.11. The maximum atomic E-state index is 9.05. The minimum atomic E-state index is 0.211. The SMILES string of the molecule is CN(CCO)C1CCN(c2nnnn2-c2ccccc2)CC1. The molecule has 3 rings (SSSR count). The summed E-state index contributed by atoms with van der Waals surface area (Å²) >= 11 is 0. The van der Waals surface area contributed by atoms with Crippen molar-refractivity contribution in [3.05, 3.63) is 30.3 Å². The quantitative estimate of drug-likeness (QED) is 0.870. The molecule has 1 aliphatic rings. The fourth-order valence-corrected chi connectivity index (χ4v) is 2.96. The van der Waals surface area contributed by atoms with Crippen molar-refractivity contribution >= 4 is 5.95 Å². The molecular weight excluding hydrogens is 280 g/mol. The van der Waals surface area contributed by atoms with E-state index in [9.17, 15) is 0 Å². The van der Waals surface area contributed by atoms with Gasteiger partial charge in [-0.25, -0.2) is 0 Å². The minimum absolute atomic E-state index is 0.211. The Kier molecular flexibility index (Phi) is 4.65. The lowest BCUT2D eigenvalue weighted by atomic mass is 10.0. The van der Waals surface area contributed by atoms with Crippen LogP contribution in [0.2, 0.25) is 0 Å². The zero-order chi connectivity index (χ0) is 15.4. The zero-order valence-electron chi connectivity index (χ0n) is 12.8. The molecule has 1 aliphatic heterocycles. The predicted octanol–water partition coefficient (Wildman–Crippen LogP) is 0.555. The fraction of sp³-hybridized carbons (Fsp3) is 0.533. The monoisotopic (exact) mass is 302 g/mol. The average molecular weight is 302 g/mol. The molecule has 0 spiro atoms. The molecule has 7 heteroatoms. The second kappa shape index (κ2) is 6.85. The summed E-state index contributed by atoms with van der Waals surface area (Å²) in [5, 5.41) is 21.2. The van der Waals surface area contributed by atoms with Crippen molar-refractivity contribution in [1.29, 1.82) is 0 Å². The van der Waals surface area contributed by atoms with Gasteiger partial charge in [0, 0.05) is 25.7 Å². The van der Waals surface area contributed by atoms with Crippen molar-refractivity contribution < 1.29 is 5.11 Å². The van der Waals surface area contributed by atoms with E-state index in [2.05, 4.69) is 32.4 Å². The van der Waals surface area contributed by atoms with E-state index in [1.54, 1.807) is 4.68 Å². The normalized spacial score (nSPS) is 16.4. The first-order valence-electron chi connectivity index (χ1n) is 7.69. The van der Waals surface area contributed by atoms with Crippen molar-refractivity contribution in [3.63, 3.8) is 0 Å². The topological polar surface area (TPSA) is 70.3 Å². The molecule has 1 saturated heterocycles. The number of likely N-dealkylation sites (N-methyl/N-ethyl adjacent to an activating group) is 1. The van der Waals surface area contributed by atoms with Crippen LogP contribution in [0.15, 0.2) is 30.3 Å². The first kappa shape index (κ1) is 14.9. The van der Waals surface area contributed by atoms with Crippen LogP contribution in [-0.2, 0) is 0 Å². The molecule has 1 fully saturated rings. The Labute approximate surface area is 130 Å². The van der Waals surface area contributed by atoms with Gasteiger partial charge in [-0.05, 0) is 42.4 Å². The summed E-state index contributed by atoms with van der Waals surface area (Å²) in [4.78, 5) is 4.47. The molecule has 0 amide bonds. The van der Waals surface area contributed by atoms with Gasteiger partial charge in [-0.1, -0.05) is 23.3 Å². The summed E-state index contributed by atoms with van der Waals surface area (Å²) in [6.45, 7) is 2.79. The Morgan fingerprint density at radius 3 is 2.64 bits per heavy atom. The van der Waals surface area contributed by atoms with Gasteiger partial charge in [-0.2, -0.15) is 4.68 Å². The number of aromatic nitrogens is 4. The van der Waals surface area contributed by atoms with Gasteiger partial charge in [0.1, 0.15) is 0 Å². The molecule has 0 atom stereocenters. The van der Waals surface area contributed by atoms with E-state index in [1.807, 2.05) is 30.3 Å². The number of tetrazole rings is 1. The number of nitrogens with zero attached hydrogens (tertiary/aromatic N) is 6. The number of rotatable bonds is 5. The Hall–Kier alpha value is -1.99. The first-order valence-corrected chi connectivity index (χ1v) is 7.69. The van der Waals surface area contributed by atoms with Gasteiger partial charge in [0.2, 0.25) is 5.95 Å². The Morgan fingerprint density at radius 1 is 1.23 bits per heavy atom. The van der Waals surface area contributed by atoms with Crippen molar-refractivity contribution in [2.24, 2.45) is 0 Å². The van der Waals surface area contributed by atoms with Crippen LogP contribution in [0.4, 0.5) is 5.95 Å². The van der Waals surface area contributed by atoms with Crippen LogP contribution in [0.3, 0.4) is 0 Å². The van der Waals surface area contributed by atoms with Crippen molar-refractivity contribution in [2.75, 3.05) is 38.2 Å². The summed E-state index contributed by atoms with van der Waals surface area (Å²) in [6, 6.07) is 10.5. The number of benzene rings is 1. The van der Waals surface area contributed by atoms with Crippen LogP contribution in [0.25, 0.3) is 5.69 Å². The van der Waals surface area contributed by atoms with E-state index in [1.165, 1.54) is 0 Å². The summed E-state index contributed by atoms with van der Waals surface area (Å²) in [5.74, 6) is 0.800.